The molecule has 0 aromatic carbocycles. The second-order valence-electron chi connectivity index (χ2n) is 5.58. The molecule has 1 aliphatic heterocycles. The fourth-order valence-corrected chi connectivity index (χ4v) is 2.41. The molecule has 1 saturated heterocycles. The van der Waals surface area contributed by atoms with Crippen molar-refractivity contribution in [1.29, 1.82) is 0 Å². The van der Waals surface area contributed by atoms with E-state index in [1.54, 1.807) is 0 Å². The van der Waals surface area contributed by atoms with Crippen LogP contribution in [0.25, 0.3) is 0 Å². The number of aromatic nitrogens is 1. The maximum atomic E-state index is 12.7. The number of likely N-dealkylation sites (tertiary alicyclic amines) is 1. The number of ether oxygens (including phenoxy) is 1. The molecule has 1 amide bonds. The normalized spacial score (nSPS) is 21.5. The van der Waals surface area contributed by atoms with E-state index in [0.29, 0.717) is 0 Å². The number of rotatable bonds is 4. The molecule has 1 unspecified atom stereocenters. The van der Waals surface area contributed by atoms with Gasteiger partial charge in [-0.05, 0) is 18.6 Å². The van der Waals surface area contributed by atoms with Crippen LogP contribution in [-0.2, 0) is 16.5 Å². The molecule has 0 radical (unpaired) electrons. The van der Waals surface area contributed by atoms with E-state index >= 15 is 0 Å². The average Bonchev–Trinajstić information content (AvgIpc) is 2.91. The summed E-state index contributed by atoms with van der Waals surface area (Å²) in [4.78, 5) is 16.7. The van der Waals surface area contributed by atoms with Crippen LogP contribution in [0.1, 0.15) is 37.6 Å². The second-order valence-corrected chi connectivity index (χ2v) is 5.58. The number of aliphatic hydroxyl groups is 1. The van der Waals surface area contributed by atoms with Gasteiger partial charge >= 0.3 is 12.3 Å². The lowest BCUT2D eigenvalue weighted by Crippen LogP contribution is -2.35. The van der Waals surface area contributed by atoms with E-state index in [0.717, 1.165) is 18.9 Å². The highest BCUT2D eigenvalue weighted by Crippen LogP contribution is 2.34. The van der Waals surface area contributed by atoms with E-state index in [2.05, 4.69) is 4.98 Å². The molecule has 1 aliphatic rings. The highest BCUT2D eigenvalue weighted by molar-refractivity contribution is 5.68. The van der Waals surface area contributed by atoms with Crippen molar-refractivity contribution in [3.63, 3.8) is 0 Å². The maximum absolute atomic E-state index is 12.7. The van der Waals surface area contributed by atoms with Gasteiger partial charge in [0, 0.05) is 13.0 Å². The summed E-state index contributed by atoms with van der Waals surface area (Å²) in [5, 5.41) is 10.6. The average molecular weight is 332 g/mol. The van der Waals surface area contributed by atoms with Crippen LogP contribution in [0.4, 0.5) is 18.0 Å². The zero-order valence-electron chi connectivity index (χ0n) is 12.8. The van der Waals surface area contributed by atoms with Gasteiger partial charge in [-0.25, -0.2) is 9.78 Å². The molecule has 0 saturated carbocycles. The minimum atomic E-state index is -4.58. The van der Waals surface area contributed by atoms with Crippen LogP contribution >= 0.6 is 0 Å². The zero-order chi connectivity index (χ0) is 17.1. The Morgan fingerprint density at radius 2 is 2.22 bits per heavy atom. The summed E-state index contributed by atoms with van der Waals surface area (Å²) in [7, 11) is 0. The highest BCUT2D eigenvalue weighted by Gasteiger charge is 2.42. The van der Waals surface area contributed by atoms with Crippen molar-refractivity contribution in [2.75, 3.05) is 19.7 Å². The smallest absolute Gasteiger partial charge is 0.433 e. The number of alkyl halides is 3. The Bertz CT molecular complexity index is 565. The van der Waals surface area contributed by atoms with E-state index in [1.165, 1.54) is 17.0 Å². The molecule has 2 heterocycles. The summed E-state index contributed by atoms with van der Waals surface area (Å²) in [6, 6.07) is 3.38. The van der Waals surface area contributed by atoms with Gasteiger partial charge in [0.1, 0.15) is 11.3 Å². The molecule has 1 N–H and O–H groups in total. The topological polar surface area (TPSA) is 62.7 Å². The lowest BCUT2D eigenvalue weighted by molar-refractivity contribution is -0.141. The van der Waals surface area contributed by atoms with Gasteiger partial charge in [-0.3, -0.25) is 0 Å². The minimum Gasteiger partial charge on any atom is -0.449 e. The minimum absolute atomic E-state index is 0.0869. The van der Waals surface area contributed by atoms with Crippen LogP contribution in [0, 0.1) is 0 Å². The summed E-state index contributed by atoms with van der Waals surface area (Å²) in [5.41, 5.74) is -2.74. The summed E-state index contributed by atoms with van der Waals surface area (Å²) in [6.45, 7) is 2.32. The van der Waals surface area contributed by atoms with E-state index < -0.39 is 23.6 Å². The zero-order valence-corrected chi connectivity index (χ0v) is 12.8. The number of pyridine rings is 1. The number of halogens is 3. The first-order chi connectivity index (χ1) is 10.8. The SMILES string of the molecule is CCCCOC(=O)N1CCC(O)(c2cccc(C(F)(F)F)n2)C1. The molecule has 1 fully saturated rings. The Kier molecular flexibility index (Phi) is 5.13. The summed E-state index contributed by atoms with van der Waals surface area (Å²) in [6.07, 6.45) is -3.42. The first-order valence-corrected chi connectivity index (χ1v) is 7.45. The van der Waals surface area contributed by atoms with Gasteiger partial charge < -0.3 is 14.7 Å². The molecule has 23 heavy (non-hydrogen) atoms. The van der Waals surface area contributed by atoms with Crippen molar-refractivity contribution in [1.82, 2.24) is 9.88 Å². The van der Waals surface area contributed by atoms with Crippen molar-refractivity contribution in [3.05, 3.63) is 29.6 Å². The predicted molar refractivity (Wildman–Crippen MR) is 75.6 cm³/mol. The van der Waals surface area contributed by atoms with Gasteiger partial charge in [0.2, 0.25) is 0 Å². The van der Waals surface area contributed by atoms with Crippen LogP contribution in [0.15, 0.2) is 18.2 Å². The van der Waals surface area contributed by atoms with Crippen molar-refractivity contribution in [3.8, 4) is 0 Å². The van der Waals surface area contributed by atoms with Crippen LogP contribution < -0.4 is 0 Å². The van der Waals surface area contributed by atoms with Crippen molar-refractivity contribution >= 4 is 6.09 Å². The molecule has 8 heteroatoms. The summed E-state index contributed by atoms with van der Waals surface area (Å²) >= 11 is 0. The van der Waals surface area contributed by atoms with Gasteiger partial charge in [0.25, 0.3) is 0 Å². The molecule has 5 nitrogen and oxygen atoms in total. The Morgan fingerprint density at radius 3 is 2.87 bits per heavy atom. The predicted octanol–water partition coefficient (Wildman–Crippen LogP) is 2.93. The van der Waals surface area contributed by atoms with Crippen LogP contribution in [0.3, 0.4) is 0 Å². The monoisotopic (exact) mass is 332 g/mol. The molecular formula is C15H19F3N2O3. The third kappa shape index (κ3) is 4.13. The molecule has 128 valence electrons. The molecule has 1 aromatic rings. The fourth-order valence-electron chi connectivity index (χ4n) is 2.41. The lowest BCUT2D eigenvalue weighted by Gasteiger charge is -2.23. The third-order valence-electron chi connectivity index (χ3n) is 3.75. The lowest BCUT2D eigenvalue weighted by atomic mass is 9.98. The molecule has 0 aliphatic carbocycles. The molecule has 1 aromatic heterocycles. The van der Waals surface area contributed by atoms with Crippen LogP contribution in [0.5, 0.6) is 0 Å². The number of nitrogens with zero attached hydrogens (tertiary/aromatic N) is 2. The van der Waals surface area contributed by atoms with Gasteiger partial charge in [-0.2, -0.15) is 13.2 Å². The van der Waals surface area contributed by atoms with E-state index in [-0.39, 0.29) is 31.8 Å². The summed E-state index contributed by atoms with van der Waals surface area (Å²) < 4.78 is 43.2. The number of unbranched alkanes of at least 4 members (excludes halogenated alkanes) is 1. The van der Waals surface area contributed by atoms with Crippen LogP contribution in [-0.4, -0.2) is 40.8 Å². The van der Waals surface area contributed by atoms with Gasteiger partial charge in [-0.15, -0.1) is 0 Å². The third-order valence-corrected chi connectivity index (χ3v) is 3.75. The number of hydrogen-bond donors (Lipinski definition) is 1. The molecule has 0 spiro atoms. The Balaban J connectivity index is 2.08. The number of β-amino-alcohol motifs (C(OH)–C–C–N with tert-alkyl or cyclic N) is 1. The number of amides is 1. The van der Waals surface area contributed by atoms with E-state index in [1.807, 2.05) is 6.92 Å². The van der Waals surface area contributed by atoms with E-state index in [9.17, 15) is 23.1 Å². The van der Waals surface area contributed by atoms with Gasteiger partial charge in [0.05, 0.1) is 18.8 Å². The van der Waals surface area contributed by atoms with Crippen LogP contribution in [0.2, 0.25) is 0 Å². The van der Waals surface area contributed by atoms with Gasteiger partial charge in [-0.1, -0.05) is 19.4 Å². The number of carbonyl (C=O) groups excluding carboxylic acids is 1. The maximum Gasteiger partial charge on any atom is 0.433 e. The Morgan fingerprint density at radius 1 is 1.48 bits per heavy atom. The quantitative estimate of drug-likeness (QED) is 0.861. The highest BCUT2D eigenvalue weighted by atomic mass is 19.4. The summed E-state index contributed by atoms with van der Waals surface area (Å²) in [5.74, 6) is 0. The second kappa shape index (κ2) is 6.74. The van der Waals surface area contributed by atoms with Gasteiger partial charge in [0.15, 0.2) is 0 Å². The first kappa shape index (κ1) is 17.5. The molecule has 1 atom stereocenters. The number of carbonyl (C=O) groups is 1. The first-order valence-electron chi connectivity index (χ1n) is 7.45. The number of hydrogen-bond acceptors (Lipinski definition) is 4. The fraction of sp³-hybridized carbons (Fsp3) is 0.600. The Labute approximate surface area is 132 Å². The molecule has 0 bridgehead atoms. The van der Waals surface area contributed by atoms with Crippen molar-refractivity contribution in [2.24, 2.45) is 0 Å². The van der Waals surface area contributed by atoms with Crippen molar-refractivity contribution in [2.45, 2.75) is 38.0 Å². The molecule has 2 rings (SSSR count). The standard InChI is InChI=1S/C15H19F3N2O3/c1-2-3-9-23-13(21)20-8-7-14(22,10-20)11-5-4-6-12(19-11)15(16,17)18/h4-6,22H,2-3,7-10H2,1H3. The molecular weight excluding hydrogens is 313 g/mol. The Hall–Kier alpha value is -1.83. The van der Waals surface area contributed by atoms with E-state index in [4.69, 9.17) is 4.74 Å². The van der Waals surface area contributed by atoms with Crippen molar-refractivity contribution < 1.29 is 27.8 Å². The largest absolute Gasteiger partial charge is 0.449 e.